The van der Waals surface area contributed by atoms with Gasteiger partial charge in [0.15, 0.2) is 11.6 Å². The molecule has 4 aromatic heterocycles. The molecule has 0 saturated heterocycles. The largest absolute Gasteiger partial charge is 0.390 e. The van der Waals surface area contributed by atoms with Gasteiger partial charge in [0, 0.05) is 61.0 Å². The lowest BCUT2D eigenvalue weighted by atomic mass is 9.79. The van der Waals surface area contributed by atoms with Crippen LogP contribution < -0.4 is 16.0 Å². The van der Waals surface area contributed by atoms with E-state index in [1.807, 2.05) is 31.3 Å². The zero-order valence-electron chi connectivity index (χ0n) is 24.3. The molecule has 4 N–H and O–H groups in total. The van der Waals surface area contributed by atoms with Gasteiger partial charge < -0.3 is 25.8 Å². The molecule has 4 aromatic rings. The van der Waals surface area contributed by atoms with Crippen molar-refractivity contribution in [2.24, 2.45) is 5.92 Å². The number of nitrogens with one attached hydrogen (secondary N) is 3. The highest BCUT2D eigenvalue weighted by Gasteiger charge is 2.35. The maximum absolute atomic E-state index is 12.9. The highest BCUT2D eigenvalue weighted by Crippen LogP contribution is 2.29. The summed E-state index contributed by atoms with van der Waals surface area (Å²) in [6.07, 6.45) is 10.3. The summed E-state index contributed by atoms with van der Waals surface area (Å²) in [7, 11) is 0. The van der Waals surface area contributed by atoms with Crippen LogP contribution in [0.15, 0.2) is 55.1 Å². The SMILES string of the molecule is C[C@@H](CNC(=O)c1ccc(Cl)cn1)NC1CC(C(=O)Nc2cc3cc(-c4cnc(CO[C@H]5CCC[C@@H]5O)nc4)ccn3n2)C1. The second kappa shape index (κ2) is 13.3. The van der Waals surface area contributed by atoms with Gasteiger partial charge in [0.05, 0.1) is 22.7 Å². The van der Waals surface area contributed by atoms with Crippen LogP contribution in [0.3, 0.4) is 0 Å². The number of ether oxygens (including phenoxy) is 1. The van der Waals surface area contributed by atoms with Crippen LogP contribution in [-0.4, -0.2) is 72.3 Å². The summed E-state index contributed by atoms with van der Waals surface area (Å²) in [6, 6.07) is 9.19. The first-order chi connectivity index (χ1) is 21.3. The minimum atomic E-state index is -0.407. The predicted molar refractivity (Wildman–Crippen MR) is 164 cm³/mol. The first kappa shape index (κ1) is 30.1. The summed E-state index contributed by atoms with van der Waals surface area (Å²) in [4.78, 5) is 38.0. The van der Waals surface area contributed by atoms with E-state index >= 15 is 0 Å². The molecule has 12 nitrogen and oxygen atoms in total. The summed E-state index contributed by atoms with van der Waals surface area (Å²) >= 11 is 5.83. The minimum Gasteiger partial charge on any atom is -0.390 e. The monoisotopic (exact) mass is 618 g/mol. The minimum absolute atomic E-state index is 0.0359. The molecule has 2 aliphatic rings. The van der Waals surface area contributed by atoms with Crippen LogP contribution in [0.5, 0.6) is 0 Å². The van der Waals surface area contributed by atoms with E-state index in [-0.39, 0.29) is 42.5 Å². The fourth-order valence-corrected chi connectivity index (χ4v) is 5.71. The maximum atomic E-state index is 12.9. The number of rotatable bonds is 11. The van der Waals surface area contributed by atoms with Crippen molar-refractivity contribution in [1.29, 1.82) is 0 Å². The van der Waals surface area contributed by atoms with Crippen molar-refractivity contribution in [3.8, 4) is 11.1 Å². The number of aromatic nitrogens is 5. The number of hydrogen-bond donors (Lipinski definition) is 4. The predicted octanol–water partition coefficient (Wildman–Crippen LogP) is 3.39. The standard InChI is InChI=1S/C31H35ClN8O4/c1-18(13-36-31(43)25-6-5-22(32)16-33-25)37-23-9-20(10-23)30(42)38-28-12-24-11-19(7-8-40(24)39-28)21-14-34-29(35-15-21)17-44-27-4-2-3-26(27)41/h5-8,11-12,14-16,18,20,23,26-27,37,41H,2-4,9-10,13,17H2,1H3,(H,36,43)(H,38,39,42)/t18-,20?,23?,26-,27-/m0/s1. The van der Waals surface area contributed by atoms with Gasteiger partial charge in [-0.2, -0.15) is 5.10 Å². The Bertz CT molecular complexity index is 1610. The Balaban J connectivity index is 0.955. The molecule has 0 radical (unpaired) electrons. The number of nitrogens with zero attached hydrogens (tertiary/aromatic N) is 5. The number of carbonyl (C=O) groups is 2. The fraction of sp³-hybridized carbons (Fsp3) is 0.419. The van der Waals surface area contributed by atoms with Crippen molar-refractivity contribution in [3.05, 3.63) is 71.7 Å². The third kappa shape index (κ3) is 7.21. The van der Waals surface area contributed by atoms with Gasteiger partial charge >= 0.3 is 0 Å². The van der Waals surface area contributed by atoms with Crippen molar-refractivity contribution in [1.82, 2.24) is 35.2 Å². The molecule has 0 spiro atoms. The van der Waals surface area contributed by atoms with E-state index in [0.717, 1.165) is 35.9 Å². The fourth-order valence-electron chi connectivity index (χ4n) is 5.60. The number of aliphatic hydroxyl groups excluding tert-OH is 1. The van der Waals surface area contributed by atoms with Crippen LogP contribution in [0.2, 0.25) is 5.02 Å². The molecule has 230 valence electrons. The number of halogens is 1. The quantitative estimate of drug-likeness (QED) is 0.198. The second-order valence-electron chi connectivity index (χ2n) is 11.5. The number of fused-ring (bicyclic) bond motifs is 1. The molecule has 2 saturated carbocycles. The number of aliphatic hydroxyl groups is 1. The van der Waals surface area contributed by atoms with Crippen molar-refractivity contribution in [2.45, 2.75) is 69.9 Å². The average Bonchev–Trinajstić information content (AvgIpc) is 3.61. The summed E-state index contributed by atoms with van der Waals surface area (Å²) in [5.74, 6) is 0.648. The summed E-state index contributed by atoms with van der Waals surface area (Å²) in [5.41, 5.74) is 2.93. The van der Waals surface area contributed by atoms with Crippen LogP contribution in [-0.2, 0) is 16.1 Å². The number of pyridine rings is 2. The summed E-state index contributed by atoms with van der Waals surface area (Å²) in [6.45, 7) is 2.70. The van der Waals surface area contributed by atoms with Gasteiger partial charge in [0.25, 0.3) is 5.91 Å². The molecular formula is C31H35ClN8O4. The molecule has 2 aliphatic carbocycles. The highest BCUT2D eigenvalue weighted by atomic mass is 35.5. The first-order valence-corrected chi connectivity index (χ1v) is 15.3. The van der Waals surface area contributed by atoms with Crippen LogP contribution in [0.25, 0.3) is 16.6 Å². The molecule has 44 heavy (non-hydrogen) atoms. The molecule has 0 bridgehead atoms. The van der Waals surface area contributed by atoms with E-state index in [4.69, 9.17) is 16.3 Å². The lowest BCUT2D eigenvalue weighted by Gasteiger charge is -2.36. The summed E-state index contributed by atoms with van der Waals surface area (Å²) in [5, 5.41) is 24.2. The van der Waals surface area contributed by atoms with Crippen molar-refractivity contribution >= 4 is 34.7 Å². The topological polar surface area (TPSA) is 156 Å². The molecule has 6 rings (SSSR count). The molecule has 0 aliphatic heterocycles. The molecule has 3 atom stereocenters. The molecule has 0 aromatic carbocycles. The number of anilines is 1. The molecule has 13 heteroatoms. The van der Waals surface area contributed by atoms with Crippen LogP contribution in [0, 0.1) is 5.92 Å². The third-order valence-corrected chi connectivity index (χ3v) is 8.38. The van der Waals surface area contributed by atoms with E-state index in [1.165, 1.54) is 6.20 Å². The third-order valence-electron chi connectivity index (χ3n) is 8.16. The van der Waals surface area contributed by atoms with E-state index in [9.17, 15) is 14.7 Å². The van der Waals surface area contributed by atoms with Crippen LogP contribution in [0.4, 0.5) is 5.82 Å². The number of carbonyl (C=O) groups excluding carboxylic acids is 2. The van der Waals surface area contributed by atoms with E-state index in [2.05, 4.69) is 36.0 Å². The van der Waals surface area contributed by atoms with Crippen LogP contribution in [0.1, 0.15) is 55.3 Å². The molecule has 4 heterocycles. The van der Waals surface area contributed by atoms with Gasteiger partial charge in [-0.15, -0.1) is 0 Å². The van der Waals surface area contributed by atoms with Gasteiger partial charge in [-0.25, -0.2) is 19.5 Å². The lowest BCUT2D eigenvalue weighted by Crippen LogP contribution is -2.51. The number of amides is 2. The lowest BCUT2D eigenvalue weighted by molar-refractivity contribution is -0.123. The molecular weight excluding hydrogens is 584 g/mol. The zero-order valence-corrected chi connectivity index (χ0v) is 25.1. The Morgan fingerprint density at radius 3 is 2.64 bits per heavy atom. The average molecular weight is 619 g/mol. The number of hydrogen-bond acceptors (Lipinski definition) is 9. The molecule has 2 amide bonds. The Morgan fingerprint density at radius 2 is 1.91 bits per heavy atom. The Kier molecular flexibility index (Phi) is 9.12. The van der Waals surface area contributed by atoms with Crippen LogP contribution >= 0.6 is 11.6 Å². The van der Waals surface area contributed by atoms with Gasteiger partial charge in [-0.3, -0.25) is 9.59 Å². The van der Waals surface area contributed by atoms with Crippen molar-refractivity contribution in [3.63, 3.8) is 0 Å². The Morgan fingerprint density at radius 1 is 1.09 bits per heavy atom. The maximum Gasteiger partial charge on any atom is 0.269 e. The van der Waals surface area contributed by atoms with Gasteiger partial charge in [0.2, 0.25) is 5.91 Å². The van der Waals surface area contributed by atoms with E-state index < -0.39 is 6.10 Å². The van der Waals surface area contributed by atoms with E-state index in [0.29, 0.717) is 41.7 Å². The van der Waals surface area contributed by atoms with Crippen molar-refractivity contribution in [2.75, 3.05) is 11.9 Å². The van der Waals surface area contributed by atoms with Gasteiger partial charge in [-0.1, -0.05) is 11.6 Å². The van der Waals surface area contributed by atoms with E-state index in [1.54, 1.807) is 29.0 Å². The van der Waals surface area contributed by atoms with Crippen molar-refractivity contribution < 1.29 is 19.4 Å². The highest BCUT2D eigenvalue weighted by molar-refractivity contribution is 6.30. The molecule has 0 unspecified atom stereocenters. The second-order valence-corrected chi connectivity index (χ2v) is 12.0. The molecule has 2 fully saturated rings. The normalized spacial score (nSPS) is 22.0. The zero-order chi connectivity index (χ0) is 30.6. The first-order valence-electron chi connectivity index (χ1n) is 14.9. The van der Waals surface area contributed by atoms with Gasteiger partial charge in [-0.05, 0) is 68.9 Å². The Labute approximate surface area is 259 Å². The van der Waals surface area contributed by atoms with Gasteiger partial charge in [0.1, 0.15) is 12.3 Å². The smallest absolute Gasteiger partial charge is 0.269 e. The summed E-state index contributed by atoms with van der Waals surface area (Å²) < 4.78 is 7.50. The Hall–Kier alpha value is -3.97.